The van der Waals surface area contributed by atoms with Crippen molar-refractivity contribution in [2.45, 2.75) is 27.2 Å². The molecule has 0 unspecified atom stereocenters. The summed E-state index contributed by atoms with van der Waals surface area (Å²) < 4.78 is 5.15. The first kappa shape index (κ1) is 17.8. The zero-order valence-electron chi connectivity index (χ0n) is 13.2. The van der Waals surface area contributed by atoms with E-state index in [4.69, 9.17) is 4.52 Å². The molecule has 0 saturated heterocycles. The zero-order valence-corrected chi connectivity index (χ0v) is 16.0. The van der Waals surface area contributed by atoms with Gasteiger partial charge in [-0.2, -0.15) is 35.4 Å². The SMILES string of the molecule is Cc1c[c-]ccc1Cc1c(C(=O)O)nc2c(C)onc2c1C.[Y]. The van der Waals surface area contributed by atoms with Crippen molar-refractivity contribution in [1.82, 2.24) is 10.1 Å². The summed E-state index contributed by atoms with van der Waals surface area (Å²) in [5.74, 6) is -0.515. The molecule has 0 aliphatic carbocycles. The van der Waals surface area contributed by atoms with Crippen molar-refractivity contribution in [1.29, 1.82) is 0 Å². The molecule has 1 radical (unpaired) electrons. The minimum absolute atomic E-state index is 0. The van der Waals surface area contributed by atoms with E-state index in [-0.39, 0.29) is 38.4 Å². The van der Waals surface area contributed by atoms with Crippen molar-refractivity contribution in [2.75, 3.05) is 0 Å². The number of pyridine rings is 1. The largest absolute Gasteiger partial charge is 0.477 e. The molecule has 0 amide bonds. The second kappa shape index (κ2) is 6.89. The van der Waals surface area contributed by atoms with Crippen molar-refractivity contribution in [3.63, 3.8) is 0 Å². The molecule has 23 heavy (non-hydrogen) atoms. The molecule has 2 aromatic heterocycles. The van der Waals surface area contributed by atoms with Gasteiger partial charge in [-0.1, -0.05) is 12.1 Å². The van der Waals surface area contributed by atoms with Crippen LogP contribution in [0.25, 0.3) is 11.0 Å². The number of fused-ring (bicyclic) bond motifs is 1. The van der Waals surface area contributed by atoms with Gasteiger partial charge in [0.1, 0.15) is 11.0 Å². The summed E-state index contributed by atoms with van der Waals surface area (Å²) in [5, 5.41) is 13.5. The molecule has 0 bridgehead atoms. The van der Waals surface area contributed by atoms with Gasteiger partial charge in [-0.05, 0) is 31.4 Å². The van der Waals surface area contributed by atoms with Crippen LogP contribution in [0.5, 0.6) is 0 Å². The molecule has 0 fully saturated rings. The van der Waals surface area contributed by atoms with Crippen LogP contribution < -0.4 is 0 Å². The molecule has 0 aliphatic heterocycles. The van der Waals surface area contributed by atoms with Gasteiger partial charge in [-0.3, -0.25) is 0 Å². The molecule has 0 saturated carbocycles. The number of carboxylic acid groups (broad SMARTS) is 1. The van der Waals surface area contributed by atoms with Crippen LogP contribution in [-0.4, -0.2) is 21.2 Å². The Labute approximate surface area is 159 Å². The number of benzene rings is 1. The maximum atomic E-state index is 11.6. The van der Waals surface area contributed by atoms with Gasteiger partial charge >= 0.3 is 5.97 Å². The van der Waals surface area contributed by atoms with Gasteiger partial charge in [0.05, 0.1) is 0 Å². The smallest absolute Gasteiger partial charge is 0.354 e. The second-order valence-electron chi connectivity index (χ2n) is 5.33. The normalized spacial score (nSPS) is 10.6. The second-order valence-corrected chi connectivity index (χ2v) is 5.33. The molecule has 1 N–H and O–H groups in total. The Morgan fingerprint density at radius 1 is 1.30 bits per heavy atom. The Morgan fingerprint density at radius 2 is 2.04 bits per heavy atom. The summed E-state index contributed by atoms with van der Waals surface area (Å²) in [6.07, 6.45) is 0.489. The molecule has 3 aromatic rings. The fraction of sp³-hybridized carbons (Fsp3) is 0.235. The fourth-order valence-corrected chi connectivity index (χ4v) is 2.57. The number of aromatic nitrogens is 2. The number of hydrogen-bond acceptors (Lipinski definition) is 4. The van der Waals surface area contributed by atoms with Gasteiger partial charge in [-0.15, -0.1) is 0 Å². The van der Waals surface area contributed by atoms with E-state index in [1.54, 1.807) is 6.92 Å². The summed E-state index contributed by atoms with van der Waals surface area (Å²) in [7, 11) is 0. The van der Waals surface area contributed by atoms with E-state index >= 15 is 0 Å². The Bertz CT molecular complexity index is 887. The van der Waals surface area contributed by atoms with Gasteiger partial charge in [0.2, 0.25) is 0 Å². The Kier molecular flexibility index (Phi) is 5.32. The number of nitrogens with zero attached hydrogens (tertiary/aromatic N) is 2. The van der Waals surface area contributed by atoms with Gasteiger partial charge in [0.15, 0.2) is 11.5 Å². The first-order chi connectivity index (χ1) is 10.5. The quantitative estimate of drug-likeness (QED) is 0.702. The van der Waals surface area contributed by atoms with E-state index in [0.29, 0.717) is 28.8 Å². The van der Waals surface area contributed by atoms with Crippen molar-refractivity contribution in [2.24, 2.45) is 0 Å². The van der Waals surface area contributed by atoms with Gasteiger partial charge in [0, 0.05) is 32.7 Å². The number of aromatic carboxylic acids is 1. The van der Waals surface area contributed by atoms with Crippen LogP contribution in [0, 0.1) is 26.8 Å². The van der Waals surface area contributed by atoms with Crippen LogP contribution in [0.4, 0.5) is 0 Å². The topological polar surface area (TPSA) is 76.2 Å². The number of carbonyl (C=O) groups is 1. The summed E-state index contributed by atoms with van der Waals surface area (Å²) in [4.78, 5) is 15.9. The summed E-state index contributed by atoms with van der Waals surface area (Å²) in [6.45, 7) is 5.57. The van der Waals surface area contributed by atoms with E-state index in [1.165, 1.54) is 0 Å². The Morgan fingerprint density at radius 3 is 2.70 bits per heavy atom. The Balaban J connectivity index is 0.00000192. The predicted molar refractivity (Wildman–Crippen MR) is 81.1 cm³/mol. The maximum absolute atomic E-state index is 11.6. The third kappa shape index (κ3) is 3.21. The molecule has 0 spiro atoms. The van der Waals surface area contributed by atoms with Gasteiger partial charge in [-0.25, -0.2) is 9.78 Å². The Hall–Kier alpha value is -1.59. The third-order valence-corrected chi connectivity index (χ3v) is 3.91. The van der Waals surface area contributed by atoms with Gasteiger partial charge < -0.3 is 9.63 Å². The molecular formula is C17H15N2O3Y-. The number of rotatable bonds is 3. The van der Waals surface area contributed by atoms with Crippen LogP contribution in [0.3, 0.4) is 0 Å². The molecule has 0 aliphatic rings. The first-order valence-corrected chi connectivity index (χ1v) is 6.93. The van der Waals surface area contributed by atoms with Crippen LogP contribution in [0.15, 0.2) is 22.7 Å². The first-order valence-electron chi connectivity index (χ1n) is 6.93. The van der Waals surface area contributed by atoms with Crippen LogP contribution in [0.2, 0.25) is 0 Å². The van der Waals surface area contributed by atoms with Crippen molar-refractivity contribution in [3.05, 3.63) is 58.0 Å². The molecule has 1 aromatic carbocycles. The van der Waals surface area contributed by atoms with E-state index in [1.807, 2.05) is 32.0 Å². The van der Waals surface area contributed by atoms with E-state index < -0.39 is 5.97 Å². The number of hydrogen-bond donors (Lipinski definition) is 1. The average molecular weight is 384 g/mol. The van der Waals surface area contributed by atoms with Crippen LogP contribution in [-0.2, 0) is 39.1 Å². The van der Waals surface area contributed by atoms with Crippen LogP contribution >= 0.6 is 0 Å². The molecule has 6 heteroatoms. The minimum atomic E-state index is -1.04. The van der Waals surface area contributed by atoms with Gasteiger partial charge in [0.25, 0.3) is 0 Å². The van der Waals surface area contributed by atoms with E-state index in [9.17, 15) is 9.90 Å². The summed E-state index contributed by atoms with van der Waals surface area (Å²) in [6, 6.07) is 8.67. The molecule has 3 rings (SSSR count). The van der Waals surface area contributed by atoms with Crippen LogP contribution in [0.1, 0.15) is 38.5 Å². The summed E-state index contributed by atoms with van der Waals surface area (Å²) in [5.41, 5.74) is 4.77. The molecule has 2 heterocycles. The fourth-order valence-electron chi connectivity index (χ4n) is 2.57. The van der Waals surface area contributed by atoms with E-state index in [2.05, 4.69) is 16.2 Å². The van der Waals surface area contributed by atoms with Crippen molar-refractivity contribution >= 4 is 17.0 Å². The average Bonchev–Trinajstić information content (AvgIpc) is 2.85. The maximum Gasteiger partial charge on any atom is 0.354 e. The number of carboxylic acids is 1. The van der Waals surface area contributed by atoms with Crippen molar-refractivity contribution < 1.29 is 47.1 Å². The summed E-state index contributed by atoms with van der Waals surface area (Å²) >= 11 is 0. The number of aryl methyl sites for hydroxylation is 3. The minimum Gasteiger partial charge on any atom is -0.477 e. The van der Waals surface area contributed by atoms with E-state index in [0.717, 1.165) is 16.7 Å². The van der Waals surface area contributed by atoms with Crippen molar-refractivity contribution in [3.8, 4) is 0 Å². The molecule has 0 atom stereocenters. The monoisotopic (exact) mass is 384 g/mol. The third-order valence-electron chi connectivity index (χ3n) is 3.91. The zero-order chi connectivity index (χ0) is 15.9. The molecule has 5 nitrogen and oxygen atoms in total. The molecule has 115 valence electrons. The standard InChI is InChI=1S/C17H15N2O3.Y/c1-9-6-4-5-7-12(9)8-13-10(2)14-15(11(3)22-19-14)18-16(13)17(20)21;/h5-7H,8H2,1-3H3,(H,20,21);/q-1;. The molecular weight excluding hydrogens is 369 g/mol. The predicted octanol–water partition coefficient (Wildman–Crippen LogP) is 3.23.